The van der Waals surface area contributed by atoms with Crippen molar-refractivity contribution in [1.82, 2.24) is 0 Å². The van der Waals surface area contributed by atoms with Gasteiger partial charge in [-0.1, -0.05) is 13.3 Å². The van der Waals surface area contributed by atoms with Gasteiger partial charge in [0, 0.05) is 12.0 Å². The van der Waals surface area contributed by atoms with Crippen molar-refractivity contribution >= 4 is 28.2 Å². The number of carbonyl (C=O) groups is 2. The van der Waals surface area contributed by atoms with Crippen LogP contribution in [0.25, 0.3) is 0 Å². The highest BCUT2D eigenvalue weighted by Crippen LogP contribution is 2.42. The summed E-state index contributed by atoms with van der Waals surface area (Å²) in [5.74, 6) is -0.0304. The van der Waals surface area contributed by atoms with Crippen molar-refractivity contribution in [2.45, 2.75) is 65.0 Å². The molecular weight excluding hydrogens is 398 g/mol. The Kier molecular flexibility index (Phi) is 6.24. The van der Waals surface area contributed by atoms with Crippen LogP contribution in [0.2, 0.25) is 0 Å². The number of hydrogen-bond donors (Lipinski definition) is 3. The molecule has 2 heterocycles. The molecule has 0 saturated carbocycles. The number of carbonyl (C=O) groups excluding carboxylic acids is 2. The van der Waals surface area contributed by atoms with Gasteiger partial charge in [0.2, 0.25) is 0 Å². The van der Waals surface area contributed by atoms with Gasteiger partial charge >= 0.3 is 0 Å². The number of nitrogens with one attached hydrogen (secondary N) is 1. The number of quaternary nitrogens is 1. The molecule has 0 aliphatic carbocycles. The average Bonchev–Trinajstić information content (AvgIpc) is 2.99. The van der Waals surface area contributed by atoms with E-state index < -0.39 is 5.91 Å². The van der Waals surface area contributed by atoms with Crippen molar-refractivity contribution in [1.29, 1.82) is 0 Å². The second-order valence-electron chi connectivity index (χ2n) is 9.19. The molecule has 0 radical (unpaired) electrons. The first-order chi connectivity index (χ1) is 14.0. The Hall–Kier alpha value is -2.38. The molecule has 0 saturated heterocycles. The molecule has 2 aromatic rings. The third-order valence-electron chi connectivity index (χ3n) is 5.33. The molecule has 6 nitrogen and oxygen atoms in total. The van der Waals surface area contributed by atoms with Crippen LogP contribution in [0.3, 0.4) is 0 Å². The van der Waals surface area contributed by atoms with E-state index in [0.717, 1.165) is 35.5 Å². The lowest BCUT2D eigenvalue weighted by Gasteiger charge is -2.38. The molecule has 0 atom stereocenters. The minimum atomic E-state index is -0.504. The highest BCUT2D eigenvalue weighted by Gasteiger charge is 2.45. The van der Waals surface area contributed by atoms with E-state index in [-0.39, 0.29) is 17.0 Å². The highest BCUT2D eigenvalue weighted by molar-refractivity contribution is 7.17. The van der Waals surface area contributed by atoms with Gasteiger partial charge in [-0.05, 0) is 63.9 Å². The molecule has 0 bridgehead atoms. The van der Waals surface area contributed by atoms with Crippen LogP contribution < -0.4 is 21.1 Å². The molecule has 1 aliphatic rings. The largest absolute Gasteiger partial charge is 0.494 e. The van der Waals surface area contributed by atoms with Crippen LogP contribution >= 0.6 is 11.3 Å². The lowest BCUT2D eigenvalue weighted by molar-refractivity contribution is -0.789. The molecule has 1 aromatic carbocycles. The molecule has 1 aliphatic heterocycles. The number of hydrogen-bond acceptors (Lipinski definition) is 4. The fourth-order valence-electron chi connectivity index (χ4n) is 4.26. The number of anilines is 1. The van der Waals surface area contributed by atoms with Crippen LogP contribution in [0, 0.1) is 0 Å². The summed E-state index contributed by atoms with van der Waals surface area (Å²) in [6, 6.07) is 7.04. The highest BCUT2D eigenvalue weighted by atomic mass is 32.1. The van der Waals surface area contributed by atoms with Gasteiger partial charge in [0.1, 0.15) is 16.3 Å². The summed E-state index contributed by atoms with van der Waals surface area (Å²) in [4.78, 5) is 26.3. The summed E-state index contributed by atoms with van der Waals surface area (Å²) in [7, 11) is 0. The van der Waals surface area contributed by atoms with E-state index in [4.69, 9.17) is 10.5 Å². The number of primary amides is 1. The first-order valence-electron chi connectivity index (χ1n) is 10.4. The van der Waals surface area contributed by atoms with Gasteiger partial charge in [0.05, 0.1) is 22.6 Å². The van der Waals surface area contributed by atoms with Gasteiger partial charge in [0.25, 0.3) is 11.8 Å². The van der Waals surface area contributed by atoms with Gasteiger partial charge in [-0.15, -0.1) is 11.3 Å². The van der Waals surface area contributed by atoms with Gasteiger partial charge in [-0.3, -0.25) is 9.59 Å². The van der Waals surface area contributed by atoms with Crippen LogP contribution in [-0.4, -0.2) is 24.0 Å². The number of benzene rings is 1. The van der Waals surface area contributed by atoms with Crippen LogP contribution in [0.15, 0.2) is 24.3 Å². The number of fused-ring (bicyclic) bond motifs is 1. The Morgan fingerprint density at radius 1 is 1.20 bits per heavy atom. The standard InChI is InChI=1S/C23H31N3O3S/c1-6-7-12-29-15-10-8-14(9-11-15)20(28)25-21-17(19(24)27)16-13-22(2,3)26-23(4,5)18(16)30-21/h8-11,26H,6-7,12-13H2,1-5H3,(H2,24,27)(H,25,28)/p+1. The smallest absolute Gasteiger partial charge is 0.256 e. The summed E-state index contributed by atoms with van der Waals surface area (Å²) >= 11 is 1.45. The molecule has 5 N–H and O–H groups in total. The minimum Gasteiger partial charge on any atom is -0.494 e. The van der Waals surface area contributed by atoms with Gasteiger partial charge in [-0.25, -0.2) is 0 Å². The van der Waals surface area contributed by atoms with Gasteiger partial charge in [0.15, 0.2) is 0 Å². The van der Waals surface area contributed by atoms with E-state index in [0.29, 0.717) is 22.7 Å². The first-order valence-corrected chi connectivity index (χ1v) is 11.2. The lowest BCUT2D eigenvalue weighted by atomic mass is 9.81. The molecule has 7 heteroatoms. The molecule has 0 spiro atoms. The summed E-state index contributed by atoms with van der Waals surface area (Å²) < 4.78 is 5.65. The molecule has 30 heavy (non-hydrogen) atoms. The van der Waals surface area contributed by atoms with E-state index >= 15 is 0 Å². The number of nitrogens with two attached hydrogens (primary N) is 2. The second-order valence-corrected chi connectivity index (χ2v) is 10.2. The van der Waals surface area contributed by atoms with E-state index in [1.807, 2.05) is 0 Å². The maximum absolute atomic E-state index is 12.9. The Morgan fingerprint density at radius 2 is 1.87 bits per heavy atom. The number of unbranched alkanes of at least 4 members (excludes halogenated alkanes) is 1. The summed E-state index contributed by atoms with van der Waals surface area (Å²) in [5.41, 5.74) is 7.39. The third-order valence-corrected chi connectivity index (χ3v) is 6.82. The predicted molar refractivity (Wildman–Crippen MR) is 120 cm³/mol. The van der Waals surface area contributed by atoms with Crippen LogP contribution in [0.5, 0.6) is 5.75 Å². The van der Waals surface area contributed by atoms with Crippen molar-refractivity contribution in [2.75, 3.05) is 11.9 Å². The van der Waals surface area contributed by atoms with Crippen LogP contribution in [-0.2, 0) is 12.0 Å². The quantitative estimate of drug-likeness (QED) is 0.587. The zero-order valence-electron chi connectivity index (χ0n) is 18.4. The molecule has 0 unspecified atom stereocenters. The SMILES string of the molecule is CCCCOc1ccc(C(=O)Nc2sc3c(c2C(N)=O)CC(C)(C)[NH2+]C3(C)C)cc1. The lowest BCUT2D eigenvalue weighted by Crippen LogP contribution is -3.03. The third kappa shape index (κ3) is 4.68. The van der Waals surface area contributed by atoms with Gasteiger partial charge < -0.3 is 21.1 Å². The van der Waals surface area contributed by atoms with E-state index in [2.05, 4.69) is 45.3 Å². The molecule has 3 rings (SSSR count). The maximum atomic E-state index is 12.9. The molecule has 2 amide bonds. The minimum absolute atomic E-state index is 0.0589. The summed E-state index contributed by atoms with van der Waals surface area (Å²) in [6.45, 7) is 11.4. The Labute approximate surface area is 182 Å². The van der Waals surface area contributed by atoms with Crippen molar-refractivity contribution in [3.05, 3.63) is 45.8 Å². The summed E-state index contributed by atoms with van der Waals surface area (Å²) in [6.07, 6.45) is 2.78. The number of amides is 2. The average molecular weight is 431 g/mol. The first kappa shape index (κ1) is 22.3. The fourth-order valence-corrected chi connectivity index (χ4v) is 5.56. The van der Waals surface area contributed by atoms with E-state index in [1.54, 1.807) is 24.3 Å². The number of thiophene rings is 1. The van der Waals surface area contributed by atoms with E-state index in [1.165, 1.54) is 11.3 Å². The topological polar surface area (TPSA) is 98.0 Å². The molecule has 0 fully saturated rings. The van der Waals surface area contributed by atoms with E-state index in [9.17, 15) is 9.59 Å². The van der Waals surface area contributed by atoms with Crippen LogP contribution in [0.4, 0.5) is 5.00 Å². The normalized spacial score (nSPS) is 16.6. The Morgan fingerprint density at radius 3 is 2.47 bits per heavy atom. The van der Waals surface area contributed by atoms with Crippen molar-refractivity contribution in [3.8, 4) is 5.75 Å². The van der Waals surface area contributed by atoms with Crippen molar-refractivity contribution < 1.29 is 19.6 Å². The van der Waals surface area contributed by atoms with Crippen LogP contribution in [0.1, 0.15) is 78.6 Å². The Balaban J connectivity index is 1.86. The second kappa shape index (κ2) is 8.40. The van der Waals surface area contributed by atoms with Gasteiger partial charge in [-0.2, -0.15) is 0 Å². The Bertz CT molecular complexity index is 945. The number of ether oxygens (including phenoxy) is 1. The fraction of sp³-hybridized carbons (Fsp3) is 0.478. The monoisotopic (exact) mass is 430 g/mol. The number of rotatable bonds is 7. The molecule has 1 aromatic heterocycles. The summed E-state index contributed by atoms with van der Waals surface area (Å²) in [5, 5.41) is 5.77. The zero-order valence-corrected chi connectivity index (χ0v) is 19.2. The van der Waals surface area contributed by atoms with Crippen molar-refractivity contribution in [2.24, 2.45) is 5.73 Å². The molecule has 162 valence electrons. The molecular formula is C23H32N3O3S+. The zero-order chi connectivity index (χ0) is 22.1. The van der Waals surface area contributed by atoms with Crippen molar-refractivity contribution in [3.63, 3.8) is 0 Å². The predicted octanol–water partition coefficient (Wildman–Crippen LogP) is 3.41. The maximum Gasteiger partial charge on any atom is 0.256 e.